The number of likely N-dealkylation sites (N-methyl/N-ethyl adjacent to an activating group) is 1. The molecule has 1 N–H and O–H groups in total. The molecule has 86 heavy (non-hydrogen) atoms. The van der Waals surface area contributed by atoms with Gasteiger partial charge in [0.25, 0.3) is 0 Å². The SMILES string of the molecule is CC/C=C\C/C=C\C/C=C\C/C=C\C/C=C\C/C=C\C/C=C\C/C=C\C/C=C\C/C=C\CCCCC(=O)OC(COC(=O)CCCCCCCCCCCCCCC/C=C\C/C=C\C/C=C\C/C=C\C/C=C\CC)COP(=O)(O)OCC[N+](C)(C)C. The fourth-order valence-electron chi connectivity index (χ4n) is 8.36. The van der Waals surface area contributed by atoms with Crippen LogP contribution >= 0.6 is 7.82 Å². The van der Waals surface area contributed by atoms with E-state index in [0.717, 1.165) is 135 Å². The van der Waals surface area contributed by atoms with Crippen molar-refractivity contribution in [1.29, 1.82) is 0 Å². The van der Waals surface area contributed by atoms with Crippen LogP contribution in [-0.2, 0) is 32.7 Å². The molecule has 0 rings (SSSR count). The van der Waals surface area contributed by atoms with Gasteiger partial charge < -0.3 is 18.9 Å². The fraction of sp³-hybridized carbons (Fsp3) is 0.579. The number of quaternary nitrogens is 1. The Morgan fingerprint density at radius 3 is 0.953 bits per heavy atom. The van der Waals surface area contributed by atoms with Crippen LogP contribution in [0.15, 0.2) is 182 Å². The lowest BCUT2D eigenvalue weighted by atomic mass is 10.0. The molecule has 0 aromatic carbocycles. The number of phosphoric ester groups is 1. The van der Waals surface area contributed by atoms with Gasteiger partial charge in [-0.2, -0.15) is 0 Å². The van der Waals surface area contributed by atoms with Crippen LogP contribution in [0.5, 0.6) is 0 Å². The molecule has 2 unspecified atom stereocenters. The summed E-state index contributed by atoms with van der Waals surface area (Å²) in [5, 5.41) is 0. The monoisotopic (exact) mass is 1210 g/mol. The van der Waals surface area contributed by atoms with Gasteiger partial charge in [0, 0.05) is 12.8 Å². The summed E-state index contributed by atoms with van der Waals surface area (Å²) in [5.74, 6) is -0.862. The molecule has 0 aliphatic carbocycles. The minimum Gasteiger partial charge on any atom is -0.462 e. The number of carbonyl (C=O) groups is 2. The van der Waals surface area contributed by atoms with Gasteiger partial charge in [0.2, 0.25) is 0 Å². The zero-order chi connectivity index (χ0) is 62.6. The molecule has 0 aliphatic heterocycles. The van der Waals surface area contributed by atoms with E-state index < -0.39 is 26.5 Å². The van der Waals surface area contributed by atoms with Crippen molar-refractivity contribution in [2.24, 2.45) is 0 Å². The minimum absolute atomic E-state index is 0.0127. The Bertz CT molecular complexity index is 2100. The number of phosphoric acid groups is 1. The topological polar surface area (TPSA) is 108 Å². The van der Waals surface area contributed by atoms with Gasteiger partial charge in [-0.1, -0.05) is 267 Å². The predicted molar refractivity (Wildman–Crippen MR) is 371 cm³/mol. The zero-order valence-electron chi connectivity index (χ0n) is 55.0. The van der Waals surface area contributed by atoms with E-state index in [1.807, 2.05) is 21.1 Å². The number of hydrogen-bond donors (Lipinski definition) is 1. The summed E-state index contributed by atoms with van der Waals surface area (Å²) >= 11 is 0. The highest BCUT2D eigenvalue weighted by molar-refractivity contribution is 7.47. The largest absolute Gasteiger partial charge is 0.472 e. The van der Waals surface area contributed by atoms with Crippen molar-refractivity contribution in [3.63, 3.8) is 0 Å². The van der Waals surface area contributed by atoms with Crippen LogP contribution in [0.4, 0.5) is 0 Å². The van der Waals surface area contributed by atoms with E-state index in [0.29, 0.717) is 17.4 Å². The van der Waals surface area contributed by atoms with Gasteiger partial charge in [0.05, 0.1) is 27.7 Å². The first-order valence-electron chi connectivity index (χ1n) is 33.5. The maximum atomic E-state index is 12.9. The van der Waals surface area contributed by atoms with Crippen molar-refractivity contribution in [3.8, 4) is 0 Å². The lowest BCUT2D eigenvalue weighted by molar-refractivity contribution is -0.870. The Labute approximate surface area is 527 Å². The molecule has 2 atom stereocenters. The quantitative estimate of drug-likeness (QED) is 0.0211. The van der Waals surface area contributed by atoms with Crippen LogP contribution in [0.1, 0.15) is 232 Å². The number of allylic oxidation sites excluding steroid dienone is 30. The first kappa shape index (κ1) is 81.1. The molecule has 0 aromatic heterocycles. The second kappa shape index (κ2) is 64.6. The molecule has 0 radical (unpaired) electrons. The lowest BCUT2D eigenvalue weighted by Gasteiger charge is -2.24. The predicted octanol–water partition coefficient (Wildman–Crippen LogP) is 21.9. The first-order chi connectivity index (χ1) is 42.0. The second-order valence-electron chi connectivity index (χ2n) is 22.7. The maximum absolute atomic E-state index is 12.9. The van der Waals surface area contributed by atoms with Gasteiger partial charge >= 0.3 is 19.8 Å². The summed E-state index contributed by atoms with van der Waals surface area (Å²) in [7, 11) is 1.42. The van der Waals surface area contributed by atoms with Gasteiger partial charge in [0.1, 0.15) is 19.8 Å². The summed E-state index contributed by atoms with van der Waals surface area (Å²) in [6.45, 7) is 4.13. The molecule has 0 bridgehead atoms. The molecule has 0 saturated carbocycles. The zero-order valence-corrected chi connectivity index (χ0v) is 55.9. The van der Waals surface area contributed by atoms with Crippen LogP contribution in [0.2, 0.25) is 0 Å². The summed E-state index contributed by atoms with van der Waals surface area (Å²) in [4.78, 5) is 35.8. The van der Waals surface area contributed by atoms with Crippen molar-refractivity contribution >= 4 is 19.8 Å². The smallest absolute Gasteiger partial charge is 0.462 e. The van der Waals surface area contributed by atoms with Gasteiger partial charge in [-0.05, 0) is 135 Å². The average Bonchev–Trinajstić information content (AvgIpc) is 3.70. The van der Waals surface area contributed by atoms with Crippen LogP contribution in [0.25, 0.3) is 0 Å². The van der Waals surface area contributed by atoms with Crippen LogP contribution < -0.4 is 0 Å². The lowest BCUT2D eigenvalue weighted by Crippen LogP contribution is -2.37. The van der Waals surface area contributed by atoms with Crippen LogP contribution in [0.3, 0.4) is 0 Å². The van der Waals surface area contributed by atoms with Crippen molar-refractivity contribution in [2.45, 2.75) is 238 Å². The van der Waals surface area contributed by atoms with Crippen LogP contribution in [0, 0.1) is 0 Å². The summed E-state index contributed by atoms with van der Waals surface area (Å²) in [6.07, 6.45) is 99.8. The molecule has 0 heterocycles. The molecule has 9 nitrogen and oxygen atoms in total. The molecule has 0 aliphatic rings. The number of ether oxygens (including phenoxy) is 2. The van der Waals surface area contributed by atoms with Gasteiger partial charge in [0.15, 0.2) is 6.10 Å². The standard InChI is InChI=1S/C76H122NO8P/c1-6-8-10-12-14-16-18-20-22-24-26-28-30-32-34-36-37-38-39-41-43-45-47-49-51-53-55-57-59-61-63-65-67-69-76(79)85-74(73-84-86(80,81)83-71-70-77(3,4)5)72-82-75(78)68-66-64-62-60-58-56-54-52-50-48-46-44-42-40-35-33-31-29-27-25-23-21-19-17-15-13-11-9-7-2/h8-11,14-17,20-23,26-29,32-35,37-38,41,43,47,49,53,55,59,61,74H,6-7,12-13,18-19,24-25,30-31,36,39-40,42,44-46,48,50-52,54,56-58,60,62-73H2,1-5H3/p+1/b10-8-,11-9-,16-14-,17-15-,22-20-,23-21-,28-26-,29-27-,34-32-,35-33-,38-37-,43-41-,49-47-,55-53-,61-59-. The number of carbonyl (C=O) groups excluding carboxylic acids is 2. The third-order valence-electron chi connectivity index (χ3n) is 13.4. The third-order valence-corrected chi connectivity index (χ3v) is 14.4. The maximum Gasteiger partial charge on any atom is 0.472 e. The third kappa shape index (κ3) is 68.2. The Balaban J connectivity index is 4.24. The van der Waals surface area contributed by atoms with Crippen LogP contribution in [-0.4, -0.2) is 74.9 Å². The highest BCUT2D eigenvalue weighted by atomic mass is 31.2. The number of hydrogen-bond acceptors (Lipinski definition) is 7. The van der Waals surface area contributed by atoms with E-state index >= 15 is 0 Å². The highest BCUT2D eigenvalue weighted by Crippen LogP contribution is 2.43. The van der Waals surface area contributed by atoms with Crippen molar-refractivity contribution in [3.05, 3.63) is 182 Å². The Morgan fingerprint density at radius 2 is 0.628 bits per heavy atom. The van der Waals surface area contributed by atoms with E-state index in [4.69, 9.17) is 18.5 Å². The van der Waals surface area contributed by atoms with E-state index in [2.05, 4.69) is 196 Å². The second-order valence-corrected chi connectivity index (χ2v) is 24.2. The highest BCUT2D eigenvalue weighted by Gasteiger charge is 2.27. The molecular formula is C76H123NO8P+. The molecule has 0 aromatic rings. The minimum atomic E-state index is -4.42. The summed E-state index contributed by atoms with van der Waals surface area (Å²) < 4.78 is 34.6. The number of unbranched alkanes of at least 4 members (excludes halogenated alkanes) is 15. The number of esters is 2. The molecule has 484 valence electrons. The van der Waals surface area contributed by atoms with E-state index in [9.17, 15) is 19.0 Å². The van der Waals surface area contributed by atoms with Gasteiger partial charge in [-0.3, -0.25) is 18.6 Å². The van der Waals surface area contributed by atoms with E-state index in [1.54, 1.807) is 0 Å². The molecular weight excluding hydrogens is 1090 g/mol. The Morgan fingerprint density at radius 1 is 0.360 bits per heavy atom. The molecule has 0 amide bonds. The average molecular weight is 1210 g/mol. The molecule has 0 saturated heterocycles. The summed E-state index contributed by atoms with van der Waals surface area (Å²) in [6, 6.07) is 0. The van der Waals surface area contributed by atoms with Gasteiger partial charge in [-0.15, -0.1) is 0 Å². The van der Waals surface area contributed by atoms with E-state index in [1.165, 1.54) is 64.2 Å². The van der Waals surface area contributed by atoms with Crippen molar-refractivity contribution < 1.29 is 42.1 Å². The fourth-order valence-corrected chi connectivity index (χ4v) is 9.11. The molecule has 0 spiro atoms. The van der Waals surface area contributed by atoms with E-state index in [-0.39, 0.29) is 32.0 Å². The molecule has 0 fully saturated rings. The van der Waals surface area contributed by atoms with Crippen molar-refractivity contribution in [2.75, 3.05) is 47.5 Å². The first-order valence-corrected chi connectivity index (χ1v) is 35.0. The Kier molecular flexibility index (Phi) is 60.9. The Hall–Kier alpha value is -4.89. The summed E-state index contributed by atoms with van der Waals surface area (Å²) in [5.41, 5.74) is 0. The number of nitrogens with zero attached hydrogens (tertiary/aromatic N) is 1. The molecule has 10 heteroatoms. The van der Waals surface area contributed by atoms with Crippen molar-refractivity contribution in [1.82, 2.24) is 0 Å². The normalized spacial score (nSPS) is 14.3. The van der Waals surface area contributed by atoms with Gasteiger partial charge in [-0.25, -0.2) is 4.57 Å². The number of rotatable bonds is 59.